The van der Waals surface area contributed by atoms with E-state index in [1.807, 2.05) is 17.8 Å². The van der Waals surface area contributed by atoms with E-state index < -0.39 is 0 Å². The first kappa shape index (κ1) is 11.3. The van der Waals surface area contributed by atoms with Crippen LogP contribution in [0.1, 0.15) is 12.8 Å². The third-order valence-electron chi connectivity index (χ3n) is 2.59. The lowest BCUT2D eigenvalue weighted by Crippen LogP contribution is -2.25. The molecule has 1 heterocycles. The van der Waals surface area contributed by atoms with Crippen LogP contribution in [0.4, 0.5) is 11.4 Å². The summed E-state index contributed by atoms with van der Waals surface area (Å²) < 4.78 is 0. The maximum absolute atomic E-state index is 10.6. The van der Waals surface area contributed by atoms with Crippen LogP contribution in [0.25, 0.3) is 0 Å². The first-order valence-electron chi connectivity index (χ1n) is 5.34. The average molecular weight is 238 g/mol. The van der Waals surface area contributed by atoms with E-state index in [-0.39, 0.29) is 10.6 Å². The molecule has 1 unspecified atom stereocenters. The van der Waals surface area contributed by atoms with E-state index in [0.29, 0.717) is 6.04 Å². The highest BCUT2D eigenvalue weighted by molar-refractivity contribution is 7.99. The number of nitrogens with zero attached hydrogens (tertiary/aromatic N) is 1. The van der Waals surface area contributed by atoms with Gasteiger partial charge in [0.2, 0.25) is 0 Å². The Hall–Kier alpha value is -1.23. The van der Waals surface area contributed by atoms with Crippen LogP contribution in [0.5, 0.6) is 0 Å². The van der Waals surface area contributed by atoms with E-state index in [4.69, 9.17) is 0 Å². The molecule has 0 radical (unpaired) electrons. The highest BCUT2D eigenvalue weighted by Gasteiger charge is 2.14. The Morgan fingerprint density at radius 1 is 1.50 bits per heavy atom. The molecule has 1 atom stereocenters. The van der Waals surface area contributed by atoms with Crippen LogP contribution in [0.3, 0.4) is 0 Å². The molecule has 16 heavy (non-hydrogen) atoms. The van der Waals surface area contributed by atoms with Gasteiger partial charge in [0.1, 0.15) is 0 Å². The van der Waals surface area contributed by atoms with Gasteiger partial charge in [0.15, 0.2) is 0 Å². The number of rotatable bonds is 3. The molecule has 1 aromatic carbocycles. The summed E-state index contributed by atoms with van der Waals surface area (Å²) in [5.74, 6) is 2.32. The highest BCUT2D eigenvalue weighted by atomic mass is 32.2. The number of hydrogen-bond donors (Lipinski definition) is 1. The van der Waals surface area contributed by atoms with Crippen molar-refractivity contribution >= 4 is 23.1 Å². The number of benzene rings is 1. The van der Waals surface area contributed by atoms with Crippen molar-refractivity contribution < 1.29 is 4.92 Å². The number of thioether (sulfide) groups is 1. The number of nitrogens with one attached hydrogen (secondary N) is 1. The lowest BCUT2D eigenvalue weighted by Gasteiger charge is -2.23. The first-order valence-corrected chi connectivity index (χ1v) is 6.50. The molecular formula is C11H14N2O2S. The smallest absolute Gasteiger partial charge is 0.271 e. The highest BCUT2D eigenvalue weighted by Crippen LogP contribution is 2.23. The largest absolute Gasteiger partial charge is 0.381 e. The predicted octanol–water partition coefficient (Wildman–Crippen LogP) is 2.90. The number of non-ortho nitro benzene ring substituents is 1. The molecule has 1 saturated heterocycles. The van der Waals surface area contributed by atoms with Gasteiger partial charge < -0.3 is 5.32 Å². The van der Waals surface area contributed by atoms with Gasteiger partial charge in [-0.15, -0.1) is 0 Å². The summed E-state index contributed by atoms with van der Waals surface area (Å²) in [6.07, 6.45) is 2.37. The molecule has 0 spiro atoms. The van der Waals surface area contributed by atoms with Crippen LogP contribution in [0.15, 0.2) is 24.3 Å². The molecule has 0 bridgehead atoms. The maximum Gasteiger partial charge on any atom is 0.271 e. The topological polar surface area (TPSA) is 55.2 Å². The van der Waals surface area contributed by atoms with Gasteiger partial charge >= 0.3 is 0 Å². The van der Waals surface area contributed by atoms with Crippen molar-refractivity contribution in [1.82, 2.24) is 0 Å². The fraction of sp³-hybridized carbons (Fsp3) is 0.455. The Balaban J connectivity index is 2.02. The van der Waals surface area contributed by atoms with E-state index in [9.17, 15) is 10.1 Å². The monoisotopic (exact) mass is 238 g/mol. The average Bonchev–Trinajstić information content (AvgIpc) is 2.30. The van der Waals surface area contributed by atoms with Gasteiger partial charge in [0.05, 0.1) is 4.92 Å². The summed E-state index contributed by atoms with van der Waals surface area (Å²) in [5.41, 5.74) is 0.996. The molecule has 86 valence electrons. The van der Waals surface area contributed by atoms with Crippen molar-refractivity contribution in [3.63, 3.8) is 0 Å². The van der Waals surface area contributed by atoms with Crippen molar-refractivity contribution in [1.29, 1.82) is 0 Å². The minimum absolute atomic E-state index is 0.147. The second kappa shape index (κ2) is 5.21. The molecule has 1 N–H and O–H groups in total. The van der Waals surface area contributed by atoms with E-state index in [1.165, 1.54) is 18.2 Å². The van der Waals surface area contributed by atoms with Crippen molar-refractivity contribution in [2.24, 2.45) is 0 Å². The lowest BCUT2D eigenvalue weighted by atomic mass is 10.1. The molecule has 0 aliphatic carbocycles. The minimum atomic E-state index is -0.360. The third-order valence-corrected chi connectivity index (χ3v) is 3.80. The number of hydrogen-bond acceptors (Lipinski definition) is 4. The molecule has 1 aromatic rings. The summed E-state index contributed by atoms with van der Waals surface area (Å²) in [5, 5.41) is 14.0. The van der Waals surface area contributed by atoms with E-state index in [0.717, 1.165) is 17.9 Å². The van der Waals surface area contributed by atoms with E-state index >= 15 is 0 Å². The summed E-state index contributed by atoms with van der Waals surface area (Å²) in [6.45, 7) is 0. The van der Waals surface area contributed by atoms with E-state index in [2.05, 4.69) is 5.32 Å². The molecule has 2 rings (SSSR count). The van der Waals surface area contributed by atoms with Crippen molar-refractivity contribution in [3.8, 4) is 0 Å². The number of anilines is 1. The summed E-state index contributed by atoms with van der Waals surface area (Å²) in [4.78, 5) is 10.3. The Kier molecular flexibility index (Phi) is 3.66. The fourth-order valence-electron chi connectivity index (χ4n) is 1.80. The number of nitro groups is 1. The molecule has 0 aromatic heterocycles. The van der Waals surface area contributed by atoms with Crippen LogP contribution in [0.2, 0.25) is 0 Å². The molecule has 1 aliphatic rings. The van der Waals surface area contributed by atoms with Crippen molar-refractivity contribution in [2.45, 2.75) is 18.9 Å². The Morgan fingerprint density at radius 2 is 2.38 bits per heavy atom. The second-order valence-electron chi connectivity index (χ2n) is 3.87. The Morgan fingerprint density at radius 3 is 3.06 bits per heavy atom. The lowest BCUT2D eigenvalue weighted by molar-refractivity contribution is -0.384. The van der Waals surface area contributed by atoms with Gasteiger partial charge in [-0.1, -0.05) is 6.07 Å². The van der Waals surface area contributed by atoms with Gasteiger partial charge in [-0.2, -0.15) is 11.8 Å². The summed E-state index contributed by atoms with van der Waals surface area (Å²) >= 11 is 1.94. The standard InChI is InChI=1S/C11H14N2O2S/c14-13(15)11-5-1-3-9(7-11)12-10-4-2-6-16-8-10/h1,3,5,7,10,12H,2,4,6,8H2. The molecule has 5 heteroatoms. The van der Waals surface area contributed by atoms with Crippen molar-refractivity contribution in [2.75, 3.05) is 16.8 Å². The molecule has 4 nitrogen and oxygen atoms in total. The zero-order valence-electron chi connectivity index (χ0n) is 8.89. The maximum atomic E-state index is 10.6. The summed E-state index contributed by atoms with van der Waals surface area (Å²) in [6, 6.07) is 7.16. The minimum Gasteiger partial charge on any atom is -0.381 e. The van der Waals surface area contributed by atoms with Crippen molar-refractivity contribution in [3.05, 3.63) is 34.4 Å². The van der Waals surface area contributed by atoms with Crippen LogP contribution in [-0.2, 0) is 0 Å². The molecular weight excluding hydrogens is 224 g/mol. The first-order chi connectivity index (χ1) is 7.75. The molecule has 0 saturated carbocycles. The normalized spacial score (nSPS) is 20.4. The van der Waals surface area contributed by atoms with Crippen LogP contribution >= 0.6 is 11.8 Å². The van der Waals surface area contributed by atoms with Gasteiger partial charge in [0.25, 0.3) is 5.69 Å². The fourth-order valence-corrected chi connectivity index (χ4v) is 2.87. The van der Waals surface area contributed by atoms with Gasteiger partial charge in [0, 0.05) is 29.6 Å². The SMILES string of the molecule is O=[N+]([O-])c1cccc(NC2CCCSC2)c1. The quantitative estimate of drug-likeness (QED) is 0.650. The van der Waals surface area contributed by atoms with Gasteiger partial charge in [-0.3, -0.25) is 10.1 Å². The molecule has 0 amide bonds. The molecule has 1 aliphatic heterocycles. The Labute approximate surface area is 98.6 Å². The Bertz CT molecular complexity index is 378. The van der Waals surface area contributed by atoms with Gasteiger partial charge in [-0.25, -0.2) is 0 Å². The predicted molar refractivity (Wildman–Crippen MR) is 67.1 cm³/mol. The van der Waals surface area contributed by atoms with Crippen LogP contribution in [-0.4, -0.2) is 22.5 Å². The second-order valence-corrected chi connectivity index (χ2v) is 5.02. The zero-order valence-corrected chi connectivity index (χ0v) is 9.70. The van der Waals surface area contributed by atoms with Gasteiger partial charge in [-0.05, 0) is 24.7 Å². The third kappa shape index (κ3) is 2.88. The van der Waals surface area contributed by atoms with Crippen LogP contribution in [0, 0.1) is 10.1 Å². The zero-order chi connectivity index (χ0) is 11.4. The van der Waals surface area contributed by atoms with E-state index in [1.54, 1.807) is 12.1 Å². The van der Waals surface area contributed by atoms with Crippen LogP contribution < -0.4 is 5.32 Å². The molecule has 1 fully saturated rings. The number of nitro benzene ring substituents is 1. The summed E-state index contributed by atoms with van der Waals surface area (Å²) in [7, 11) is 0.